The summed E-state index contributed by atoms with van der Waals surface area (Å²) in [6.45, 7) is 7.51. The van der Waals surface area contributed by atoms with E-state index in [0.717, 1.165) is 11.0 Å². The molecule has 2 aromatic rings. The Morgan fingerprint density at radius 1 is 1.07 bits per heavy atom. The highest BCUT2D eigenvalue weighted by Crippen LogP contribution is 2.36. The predicted molar refractivity (Wildman–Crippen MR) is 148 cm³/mol. The molecular weight excluding hydrogens is 569 g/mol. The van der Waals surface area contributed by atoms with E-state index in [4.69, 9.17) is 16.3 Å². The van der Waals surface area contributed by atoms with Crippen LogP contribution in [0.25, 0.3) is 0 Å². The number of sulfone groups is 1. The van der Waals surface area contributed by atoms with Crippen LogP contribution in [0.3, 0.4) is 0 Å². The van der Waals surface area contributed by atoms with Crippen molar-refractivity contribution < 1.29 is 35.9 Å². The second kappa shape index (κ2) is 12.0. The number of amides is 2. The minimum atomic E-state index is -4.71. The lowest BCUT2D eigenvalue weighted by molar-refractivity contribution is -0.138. The quantitative estimate of drug-likeness (QED) is 0.371. The summed E-state index contributed by atoms with van der Waals surface area (Å²) in [6.07, 6.45) is -3.99. The Hall–Kier alpha value is -2.79. The van der Waals surface area contributed by atoms with E-state index >= 15 is 0 Å². The van der Waals surface area contributed by atoms with Crippen molar-refractivity contribution in [2.24, 2.45) is 5.92 Å². The average molecular weight is 603 g/mol. The molecular formula is C28H34ClF3N2O5S. The number of benzene rings is 2. The molecule has 40 heavy (non-hydrogen) atoms. The number of anilines is 1. The number of halogens is 4. The number of rotatable bonds is 6. The molecule has 1 saturated heterocycles. The number of carbonyl (C=O) groups is 2. The lowest BCUT2D eigenvalue weighted by Gasteiger charge is -2.33. The minimum absolute atomic E-state index is 0.0197. The first-order valence-electron chi connectivity index (χ1n) is 12.9. The molecule has 1 heterocycles. The summed E-state index contributed by atoms with van der Waals surface area (Å²) >= 11 is 6.05. The molecule has 0 aromatic heterocycles. The van der Waals surface area contributed by atoms with Crippen molar-refractivity contribution >= 4 is 39.1 Å². The highest BCUT2D eigenvalue weighted by molar-refractivity contribution is 7.91. The van der Waals surface area contributed by atoms with Gasteiger partial charge in [-0.15, -0.1) is 0 Å². The van der Waals surface area contributed by atoms with E-state index in [2.05, 4.69) is 0 Å². The summed E-state index contributed by atoms with van der Waals surface area (Å²) < 4.78 is 72.9. The molecule has 0 N–H and O–H groups in total. The van der Waals surface area contributed by atoms with Crippen molar-refractivity contribution in [3.05, 3.63) is 58.1 Å². The Balaban J connectivity index is 1.83. The normalized spacial score (nSPS) is 15.2. The van der Waals surface area contributed by atoms with Gasteiger partial charge in [-0.1, -0.05) is 24.6 Å². The fraction of sp³-hybridized carbons (Fsp3) is 0.500. The Morgan fingerprint density at radius 3 is 2.25 bits per heavy atom. The topological polar surface area (TPSA) is 84.0 Å². The zero-order valence-electron chi connectivity index (χ0n) is 23.1. The number of hydrogen-bond acceptors (Lipinski definition) is 5. The predicted octanol–water partition coefficient (Wildman–Crippen LogP) is 6.62. The number of hydrogen-bond donors (Lipinski definition) is 0. The number of likely N-dealkylation sites (tertiary alicyclic amines) is 1. The summed E-state index contributed by atoms with van der Waals surface area (Å²) in [5.74, 6) is -1.12. The van der Waals surface area contributed by atoms with Crippen molar-refractivity contribution in [1.29, 1.82) is 0 Å². The van der Waals surface area contributed by atoms with Crippen LogP contribution < -0.4 is 4.90 Å². The molecule has 2 amide bonds. The van der Waals surface area contributed by atoms with Gasteiger partial charge in [0.2, 0.25) is 0 Å². The molecule has 0 unspecified atom stereocenters. The molecule has 3 rings (SSSR count). The maximum absolute atomic E-state index is 14.1. The fourth-order valence-corrected chi connectivity index (χ4v) is 5.85. The minimum Gasteiger partial charge on any atom is -0.444 e. The SMILES string of the molecule is CCS(=O)(=O)c1ccc(Cl)cc1N(C)C(=O)c1ccc(CC2CCN(C(=O)OC(C)(C)C)CC2)c(C(F)(F)F)c1. The van der Waals surface area contributed by atoms with E-state index in [1.54, 1.807) is 25.7 Å². The summed E-state index contributed by atoms with van der Waals surface area (Å²) in [5, 5.41) is 0.175. The molecule has 12 heteroatoms. The smallest absolute Gasteiger partial charge is 0.416 e. The number of piperidine rings is 1. The highest BCUT2D eigenvalue weighted by atomic mass is 35.5. The number of ether oxygens (including phenoxy) is 1. The molecule has 0 spiro atoms. The summed E-state index contributed by atoms with van der Waals surface area (Å²) in [4.78, 5) is 28.0. The van der Waals surface area contributed by atoms with Crippen LogP contribution in [0, 0.1) is 5.92 Å². The van der Waals surface area contributed by atoms with Crippen LogP contribution in [-0.4, -0.2) is 56.8 Å². The second-order valence-electron chi connectivity index (χ2n) is 10.9. The van der Waals surface area contributed by atoms with Gasteiger partial charge in [0.1, 0.15) is 5.60 Å². The monoisotopic (exact) mass is 602 g/mol. The van der Waals surface area contributed by atoms with Gasteiger partial charge in [-0.3, -0.25) is 4.79 Å². The molecule has 1 aliphatic rings. The van der Waals surface area contributed by atoms with Gasteiger partial charge in [-0.25, -0.2) is 13.2 Å². The largest absolute Gasteiger partial charge is 0.444 e. The van der Waals surface area contributed by atoms with Gasteiger partial charge in [0.15, 0.2) is 9.84 Å². The summed E-state index contributed by atoms with van der Waals surface area (Å²) in [6, 6.07) is 7.37. The maximum atomic E-state index is 14.1. The lowest BCUT2D eigenvalue weighted by atomic mass is 9.87. The van der Waals surface area contributed by atoms with Crippen LogP contribution >= 0.6 is 11.6 Å². The Kier molecular flexibility index (Phi) is 9.51. The van der Waals surface area contributed by atoms with Gasteiger partial charge in [-0.2, -0.15) is 13.2 Å². The number of alkyl halides is 3. The zero-order valence-corrected chi connectivity index (χ0v) is 24.7. The van der Waals surface area contributed by atoms with E-state index in [1.165, 1.54) is 44.3 Å². The van der Waals surface area contributed by atoms with Gasteiger partial charge >= 0.3 is 12.3 Å². The summed E-state index contributed by atoms with van der Waals surface area (Å²) in [7, 11) is -2.45. The fourth-order valence-electron chi connectivity index (χ4n) is 4.58. The lowest BCUT2D eigenvalue weighted by Crippen LogP contribution is -2.42. The van der Waals surface area contributed by atoms with Crippen LogP contribution in [0.4, 0.5) is 23.7 Å². The van der Waals surface area contributed by atoms with E-state index in [0.29, 0.717) is 25.9 Å². The number of carbonyl (C=O) groups excluding carboxylic acids is 2. The third-order valence-electron chi connectivity index (χ3n) is 6.74. The third-order valence-corrected chi connectivity index (χ3v) is 8.75. The van der Waals surface area contributed by atoms with Crippen LogP contribution in [0.15, 0.2) is 41.3 Å². The van der Waals surface area contributed by atoms with Gasteiger partial charge in [-0.05, 0) is 81.8 Å². The molecule has 0 atom stereocenters. The van der Waals surface area contributed by atoms with E-state index in [1.807, 2.05) is 0 Å². The van der Waals surface area contributed by atoms with Crippen molar-refractivity contribution in [1.82, 2.24) is 4.90 Å². The van der Waals surface area contributed by atoms with Gasteiger partial charge < -0.3 is 14.5 Å². The highest BCUT2D eigenvalue weighted by Gasteiger charge is 2.36. The molecule has 1 aliphatic heterocycles. The molecule has 0 aliphatic carbocycles. The first-order chi connectivity index (χ1) is 18.4. The molecule has 0 saturated carbocycles. The standard InChI is InChI=1S/C28H34ClF3N2O5S/c1-6-40(37,38)24-10-9-21(29)17-23(24)33(5)25(35)20-8-7-19(22(16-20)28(30,31)32)15-18-11-13-34(14-12-18)26(36)39-27(2,3)4/h7-10,16-18H,6,11-15H2,1-5H3. The van der Waals surface area contributed by atoms with Crippen LogP contribution in [0.5, 0.6) is 0 Å². The van der Waals surface area contributed by atoms with Crippen molar-refractivity contribution in [3.63, 3.8) is 0 Å². The molecule has 0 radical (unpaired) electrons. The molecule has 1 fully saturated rings. The first-order valence-corrected chi connectivity index (χ1v) is 14.9. The van der Waals surface area contributed by atoms with Gasteiger partial charge in [0.25, 0.3) is 5.91 Å². The zero-order chi connectivity index (χ0) is 30.0. The van der Waals surface area contributed by atoms with E-state index < -0.39 is 39.2 Å². The maximum Gasteiger partial charge on any atom is 0.416 e. The van der Waals surface area contributed by atoms with E-state index in [9.17, 15) is 31.2 Å². The molecule has 7 nitrogen and oxygen atoms in total. The average Bonchev–Trinajstić information content (AvgIpc) is 2.86. The molecule has 0 bridgehead atoms. The van der Waals surface area contributed by atoms with Gasteiger partial charge in [0.05, 0.1) is 21.9 Å². The van der Waals surface area contributed by atoms with Crippen LogP contribution in [0.1, 0.15) is 62.0 Å². The molecule has 2 aromatic carbocycles. The third kappa shape index (κ3) is 7.69. The van der Waals surface area contributed by atoms with Crippen molar-refractivity contribution in [2.45, 2.75) is 63.6 Å². The van der Waals surface area contributed by atoms with Crippen LogP contribution in [-0.2, 0) is 27.2 Å². The number of nitrogens with zero attached hydrogens (tertiary/aromatic N) is 2. The summed E-state index contributed by atoms with van der Waals surface area (Å²) in [5.41, 5.74) is -1.76. The van der Waals surface area contributed by atoms with Gasteiger partial charge in [0, 0.05) is 30.7 Å². The molecule has 220 valence electrons. The second-order valence-corrected chi connectivity index (χ2v) is 13.5. The van der Waals surface area contributed by atoms with Crippen LogP contribution in [0.2, 0.25) is 5.02 Å². The van der Waals surface area contributed by atoms with E-state index in [-0.39, 0.29) is 44.8 Å². The van der Waals surface area contributed by atoms with Crippen molar-refractivity contribution in [2.75, 3.05) is 30.8 Å². The Morgan fingerprint density at radius 2 is 1.70 bits per heavy atom. The Bertz CT molecular complexity index is 1360. The first kappa shape index (κ1) is 31.7. The Labute approximate surface area is 238 Å². The van der Waals surface area contributed by atoms with Crippen molar-refractivity contribution in [3.8, 4) is 0 Å².